The molecule has 0 spiro atoms. The summed E-state index contributed by atoms with van der Waals surface area (Å²) in [6, 6.07) is 14.8. The van der Waals surface area contributed by atoms with E-state index in [2.05, 4.69) is 17.1 Å². The van der Waals surface area contributed by atoms with Gasteiger partial charge in [-0.3, -0.25) is 4.90 Å². The van der Waals surface area contributed by atoms with Gasteiger partial charge in [0.2, 0.25) is 10.0 Å². The standard InChI is InChI=1S/C21H25ClN2O2S/c1-18-5-11-21(12-6-18)27(25,26)24-15-3-14-23(16-17-24)13-2-4-19-7-9-20(22)10-8-19/h2,4-12H,3,13-17H2,1H3. The molecule has 0 aromatic heterocycles. The molecule has 27 heavy (non-hydrogen) atoms. The molecule has 0 radical (unpaired) electrons. The van der Waals surface area contributed by atoms with E-state index in [-0.39, 0.29) is 0 Å². The van der Waals surface area contributed by atoms with Crippen molar-refractivity contribution in [3.05, 3.63) is 70.8 Å². The van der Waals surface area contributed by atoms with Crippen molar-refractivity contribution in [1.82, 2.24) is 9.21 Å². The van der Waals surface area contributed by atoms with E-state index in [1.807, 2.05) is 43.3 Å². The van der Waals surface area contributed by atoms with Gasteiger partial charge >= 0.3 is 0 Å². The second-order valence-corrected chi connectivity index (χ2v) is 9.20. The molecule has 1 aliphatic rings. The van der Waals surface area contributed by atoms with Crippen molar-refractivity contribution in [2.75, 3.05) is 32.7 Å². The first-order valence-corrected chi connectivity index (χ1v) is 11.0. The van der Waals surface area contributed by atoms with Crippen molar-refractivity contribution in [3.8, 4) is 0 Å². The number of sulfonamides is 1. The van der Waals surface area contributed by atoms with Gasteiger partial charge in [-0.25, -0.2) is 8.42 Å². The summed E-state index contributed by atoms with van der Waals surface area (Å²) in [5.41, 5.74) is 2.17. The van der Waals surface area contributed by atoms with Crippen molar-refractivity contribution in [2.24, 2.45) is 0 Å². The van der Waals surface area contributed by atoms with Crippen molar-refractivity contribution in [1.29, 1.82) is 0 Å². The number of hydrogen-bond donors (Lipinski definition) is 0. The molecular weight excluding hydrogens is 380 g/mol. The Hall–Kier alpha value is -1.66. The highest BCUT2D eigenvalue weighted by molar-refractivity contribution is 7.89. The maximum absolute atomic E-state index is 12.9. The lowest BCUT2D eigenvalue weighted by Gasteiger charge is -2.21. The number of benzene rings is 2. The van der Waals surface area contributed by atoms with E-state index >= 15 is 0 Å². The Balaban J connectivity index is 1.58. The Bertz CT molecular complexity index is 877. The van der Waals surface area contributed by atoms with Crippen LogP contribution in [0.4, 0.5) is 0 Å². The molecule has 0 unspecified atom stereocenters. The zero-order chi connectivity index (χ0) is 19.3. The van der Waals surface area contributed by atoms with E-state index in [0.717, 1.165) is 42.2 Å². The predicted molar refractivity (Wildman–Crippen MR) is 111 cm³/mol. The molecule has 2 aromatic carbocycles. The molecule has 1 heterocycles. The number of aryl methyl sites for hydroxylation is 1. The number of hydrogen-bond acceptors (Lipinski definition) is 3. The SMILES string of the molecule is Cc1ccc(S(=O)(=O)N2CCCN(CC=Cc3ccc(Cl)cc3)CC2)cc1. The topological polar surface area (TPSA) is 40.6 Å². The molecule has 1 fully saturated rings. The second kappa shape index (κ2) is 9.02. The van der Waals surface area contributed by atoms with E-state index < -0.39 is 10.0 Å². The summed E-state index contributed by atoms with van der Waals surface area (Å²) >= 11 is 5.90. The summed E-state index contributed by atoms with van der Waals surface area (Å²) in [7, 11) is -3.42. The molecule has 1 aliphatic heterocycles. The van der Waals surface area contributed by atoms with Crippen molar-refractivity contribution < 1.29 is 8.42 Å². The third-order valence-corrected chi connectivity index (χ3v) is 6.92. The molecule has 0 atom stereocenters. The van der Waals surface area contributed by atoms with Gasteiger partial charge in [0.1, 0.15) is 0 Å². The fourth-order valence-electron chi connectivity index (χ4n) is 3.14. The minimum Gasteiger partial charge on any atom is -0.298 e. The minimum atomic E-state index is -3.42. The first kappa shape index (κ1) is 20.1. The Kier molecular flexibility index (Phi) is 6.71. The first-order chi connectivity index (χ1) is 12.9. The average Bonchev–Trinajstić information content (AvgIpc) is 2.90. The van der Waals surface area contributed by atoms with Gasteiger partial charge in [0.15, 0.2) is 0 Å². The molecular formula is C21H25ClN2O2S. The summed E-state index contributed by atoms with van der Waals surface area (Å²) < 4.78 is 27.3. The van der Waals surface area contributed by atoms with Crippen molar-refractivity contribution in [2.45, 2.75) is 18.2 Å². The van der Waals surface area contributed by atoms with Gasteiger partial charge < -0.3 is 0 Å². The molecule has 4 nitrogen and oxygen atoms in total. The van der Waals surface area contributed by atoms with Crippen LogP contribution >= 0.6 is 11.6 Å². The lowest BCUT2D eigenvalue weighted by atomic mass is 10.2. The molecule has 144 valence electrons. The molecule has 0 aliphatic carbocycles. The Labute approximate surface area is 167 Å². The highest BCUT2D eigenvalue weighted by Gasteiger charge is 2.26. The summed E-state index contributed by atoms with van der Waals surface area (Å²) in [6.45, 7) is 5.47. The maximum atomic E-state index is 12.9. The van der Waals surface area contributed by atoms with Gasteiger partial charge in [-0.1, -0.05) is 53.6 Å². The van der Waals surface area contributed by atoms with Gasteiger partial charge in [0.05, 0.1) is 4.90 Å². The van der Waals surface area contributed by atoms with Gasteiger partial charge in [-0.05, 0) is 49.7 Å². The molecule has 3 rings (SSSR count). The third kappa shape index (κ3) is 5.42. The van der Waals surface area contributed by atoms with Crippen LogP contribution in [0.25, 0.3) is 6.08 Å². The Morgan fingerprint density at radius 1 is 0.963 bits per heavy atom. The molecule has 0 N–H and O–H groups in total. The largest absolute Gasteiger partial charge is 0.298 e. The quantitative estimate of drug-likeness (QED) is 0.754. The van der Waals surface area contributed by atoms with E-state index in [1.54, 1.807) is 16.4 Å². The molecule has 1 saturated heterocycles. The van der Waals surface area contributed by atoms with Gasteiger partial charge in [0, 0.05) is 31.2 Å². The Morgan fingerprint density at radius 3 is 2.37 bits per heavy atom. The van der Waals surface area contributed by atoms with E-state index in [4.69, 9.17) is 11.6 Å². The van der Waals surface area contributed by atoms with Gasteiger partial charge in [-0.2, -0.15) is 4.31 Å². The zero-order valence-corrected chi connectivity index (χ0v) is 17.1. The number of halogens is 1. The van der Waals surface area contributed by atoms with Crippen molar-refractivity contribution >= 4 is 27.7 Å². The van der Waals surface area contributed by atoms with Crippen LogP contribution in [-0.2, 0) is 10.0 Å². The van der Waals surface area contributed by atoms with Crippen LogP contribution in [-0.4, -0.2) is 50.3 Å². The second-order valence-electron chi connectivity index (χ2n) is 6.83. The highest BCUT2D eigenvalue weighted by atomic mass is 35.5. The van der Waals surface area contributed by atoms with Crippen LogP contribution in [0.1, 0.15) is 17.5 Å². The monoisotopic (exact) mass is 404 g/mol. The van der Waals surface area contributed by atoms with Crippen LogP contribution in [0, 0.1) is 6.92 Å². The summed E-state index contributed by atoms with van der Waals surface area (Å²) in [6.07, 6.45) is 5.02. The lowest BCUT2D eigenvalue weighted by molar-refractivity contribution is 0.316. The summed E-state index contributed by atoms with van der Waals surface area (Å²) in [5, 5.41) is 0.731. The van der Waals surface area contributed by atoms with E-state index in [1.165, 1.54) is 0 Å². The van der Waals surface area contributed by atoms with Crippen LogP contribution in [0.3, 0.4) is 0 Å². The van der Waals surface area contributed by atoms with E-state index in [0.29, 0.717) is 18.0 Å². The fraction of sp³-hybridized carbons (Fsp3) is 0.333. The smallest absolute Gasteiger partial charge is 0.243 e. The predicted octanol–water partition coefficient (Wildman–Crippen LogP) is 4.06. The maximum Gasteiger partial charge on any atom is 0.243 e. The van der Waals surface area contributed by atoms with Crippen LogP contribution in [0.2, 0.25) is 5.02 Å². The highest BCUT2D eigenvalue weighted by Crippen LogP contribution is 2.18. The summed E-state index contributed by atoms with van der Waals surface area (Å²) in [4.78, 5) is 2.67. The molecule has 0 amide bonds. The van der Waals surface area contributed by atoms with Gasteiger partial charge in [-0.15, -0.1) is 0 Å². The van der Waals surface area contributed by atoms with Crippen LogP contribution in [0.5, 0.6) is 0 Å². The third-order valence-electron chi connectivity index (χ3n) is 4.75. The van der Waals surface area contributed by atoms with E-state index in [9.17, 15) is 8.42 Å². The minimum absolute atomic E-state index is 0.379. The van der Waals surface area contributed by atoms with Crippen LogP contribution in [0.15, 0.2) is 59.5 Å². The zero-order valence-electron chi connectivity index (χ0n) is 15.5. The molecule has 2 aromatic rings. The molecule has 6 heteroatoms. The molecule has 0 bridgehead atoms. The fourth-order valence-corrected chi connectivity index (χ4v) is 4.74. The normalized spacial score (nSPS) is 17.3. The summed E-state index contributed by atoms with van der Waals surface area (Å²) in [5.74, 6) is 0. The number of nitrogens with zero attached hydrogens (tertiary/aromatic N) is 2. The average molecular weight is 405 g/mol. The van der Waals surface area contributed by atoms with Crippen LogP contribution < -0.4 is 0 Å². The lowest BCUT2D eigenvalue weighted by Crippen LogP contribution is -2.35. The van der Waals surface area contributed by atoms with Gasteiger partial charge in [0.25, 0.3) is 0 Å². The first-order valence-electron chi connectivity index (χ1n) is 9.16. The number of rotatable bonds is 5. The molecule has 0 saturated carbocycles. The Morgan fingerprint density at radius 2 is 1.67 bits per heavy atom. The van der Waals surface area contributed by atoms with Crippen molar-refractivity contribution in [3.63, 3.8) is 0 Å².